The zero-order valence-electron chi connectivity index (χ0n) is 17.6. The van der Waals surface area contributed by atoms with Gasteiger partial charge >= 0.3 is 6.18 Å². The molecule has 12 heteroatoms. The maximum Gasteiger partial charge on any atom is 0.418 e. The lowest BCUT2D eigenvalue weighted by Crippen LogP contribution is -2.57. The summed E-state index contributed by atoms with van der Waals surface area (Å²) >= 11 is 0. The fourth-order valence-corrected chi connectivity index (χ4v) is 4.20. The molecule has 9 nitrogen and oxygen atoms in total. The first kappa shape index (κ1) is 22.8. The number of rotatable bonds is 4. The van der Waals surface area contributed by atoms with E-state index in [0.29, 0.717) is 19.4 Å². The number of hydrogen-bond acceptors (Lipinski definition) is 6. The van der Waals surface area contributed by atoms with E-state index in [1.807, 2.05) is 6.92 Å². The van der Waals surface area contributed by atoms with E-state index in [1.165, 1.54) is 9.47 Å². The van der Waals surface area contributed by atoms with Crippen molar-refractivity contribution < 1.29 is 32.6 Å². The highest BCUT2D eigenvalue weighted by Crippen LogP contribution is 2.32. The van der Waals surface area contributed by atoms with Gasteiger partial charge in [-0.25, -0.2) is 0 Å². The van der Waals surface area contributed by atoms with Crippen molar-refractivity contribution in [3.05, 3.63) is 57.3 Å². The number of pyridine rings is 2. The molecule has 2 atom stereocenters. The summed E-state index contributed by atoms with van der Waals surface area (Å²) in [6, 6.07) is 1.85. The molecule has 2 aromatic heterocycles. The Hall–Kier alpha value is -3.41. The van der Waals surface area contributed by atoms with Gasteiger partial charge in [-0.2, -0.15) is 13.2 Å². The number of hydrogen-bond donors (Lipinski definition) is 2. The molecule has 0 radical (unpaired) electrons. The first-order chi connectivity index (χ1) is 15.6. The number of halogens is 3. The van der Waals surface area contributed by atoms with Crippen LogP contribution in [0.5, 0.6) is 5.75 Å². The van der Waals surface area contributed by atoms with Crippen LogP contribution in [0.3, 0.4) is 0 Å². The average molecular weight is 466 g/mol. The Morgan fingerprint density at radius 1 is 1.36 bits per heavy atom. The second-order valence-corrected chi connectivity index (χ2v) is 7.79. The fraction of sp³-hybridized carbons (Fsp3) is 0.429. The Labute approximate surface area is 185 Å². The average Bonchev–Trinajstić information content (AvgIpc) is 2.78. The summed E-state index contributed by atoms with van der Waals surface area (Å²) in [6.45, 7) is 1.85. The van der Waals surface area contributed by atoms with Crippen molar-refractivity contribution in [2.75, 3.05) is 6.61 Å². The molecule has 2 aliphatic heterocycles. The molecule has 33 heavy (non-hydrogen) atoms. The third-order valence-electron chi connectivity index (χ3n) is 5.84. The van der Waals surface area contributed by atoms with Gasteiger partial charge in [0.05, 0.1) is 31.0 Å². The highest BCUT2D eigenvalue weighted by molar-refractivity contribution is 5.99. The SMILES string of the molecule is CC[C@@H]1CCO[C@H]2Cn3cc(C(=O)NCc4ncccc4C(F)(F)F)c(=O)c(O)c3C(=O)N12. The molecule has 0 aromatic carbocycles. The van der Waals surface area contributed by atoms with Gasteiger partial charge < -0.3 is 24.6 Å². The number of nitrogens with one attached hydrogen (secondary N) is 1. The van der Waals surface area contributed by atoms with Crippen molar-refractivity contribution in [1.29, 1.82) is 0 Å². The minimum atomic E-state index is -4.67. The topological polar surface area (TPSA) is 114 Å². The molecule has 0 unspecified atom stereocenters. The van der Waals surface area contributed by atoms with E-state index < -0.39 is 58.8 Å². The molecule has 4 heterocycles. The van der Waals surface area contributed by atoms with Crippen LogP contribution in [0.4, 0.5) is 13.2 Å². The van der Waals surface area contributed by atoms with Crippen LogP contribution in [0.2, 0.25) is 0 Å². The van der Waals surface area contributed by atoms with Crippen LogP contribution in [-0.4, -0.2) is 50.2 Å². The molecule has 1 saturated heterocycles. The van der Waals surface area contributed by atoms with Gasteiger partial charge in [-0.3, -0.25) is 19.4 Å². The monoisotopic (exact) mass is 466 g/mol. The zero-order valence-corrected chi connectivity index (χ0v) is 17.6. The molecule has 0 spiro atoms. The van der Waals surface area contributed by atoms with Crippen molar-refractivity contribution in [2.24, 2.45) is 0 Å². The van der Waals surface area contributed by atoms with Gasteiger partial charge in [-0.15, -0.1) is 0 Å². The van der Waals surface area contributed by atoms with Gasteiger partial charge in [0.15, 0.2) is 17.7 Å². The predicted molar refractivity (Wildman–Crippen MR) is 107 cm³/mol. The number of fused-ring (bicyclic) bond motifs is 2. The molecule has 1 fully saturated rings. The number of nitrogens with zero attached hydrogens (tertiary/aromatic N) is 3. The van der Waals surface area contributed by atoms with Crippen molar-refractivity contribution in [3.8, 4) is 5.75 Å². The third-order valence-corrected chi connectivity index (χ3v) is 5.84. The number of aromatic nitrogens is 2. The van der Waals surface area contributed by atoms with E-state index >= 15 is 0 Å². The minimum absolute atomic E-state index is 0.0875. The highest BCUT2D eigenvalue weighted by Gasteiger charge is 2.42. The summed E-state index contributed by atoms with van der Waals surface area (Å²) in [5, 5.41) is 12.7. The lowest BCUT2D eigenvalue weighted by Gasteiger charge is -2.45. The van der Waals surface area contributed by atoms with E-state index in [0.717, 1.165) is 24.5 Å². The smallest absolute Gasteiger partial charge is 0.418 e. The Bertz CT molecular complexity index is 1160. The molecular formula is C21H21F3N4O5. The van der Waals surface area contributed by atoms with Gasteiger partial charge in [0.2, 0.25) is 5.43 Å². The van der Waals surface area contributed by atoms with Gasteiger partial charge in [0.25, 0.3) is 11.8 Å². The normalized spacial score (nSPS) is 20.2. The van der Waals surface area contributed by atoms with E-state index in [2.05, 4.69) is 10.3 Å². The quantitative estimate of drug-likeness (QED) is 0.712. The summed E-state index contributed by atoms with van der Waals surface area (Å²) < 4.78 is 46.4. The summed E-state index contributed by atoms with van der Waals surface area (Å²) in [4.78, 5) is 43.5. The number of amides is 2. The van der Waals surface area contributed by atoms with E-state index in [-0.39, 0.29) is 18.3 Å². The van der Waals surface area contributed by atoms with E-state index in [9.17, 15) is 32.7 Å². The molecule has 2 aliphatic rings. The Morgan fingerprint density at radius 3 is 2.82 bits per heavy atom. The van der Waals surface area contributed by atoms with Crippen molar-refractivity contribution in [3.63, 3.8) is 0 Å². The van der Waals surface area contributed by atoms with Gasteiger partial charge in [0, 0.05) is 18.4 Å². The molecule has 2 aromatic rings. The summed E-state index contributed by atoms with van der Waals surface area (Å²) in [6.07, 6.45) is -1.72. The van der Waals surface area contributed by atoms with E-state index in [4.69, 9.17) is 4.74 Å². The van der Waals surface area contributed by atoms with Gasteiger partial charge in [0.1, 0.15) is 5.56 Å². The van der Waals surface area contributed by atoms with Gasteiger partial charge in [-0.1, -0.05) is 6.92 Å². The van der Waals surface area contributed by atoms with Crippen LogP contribution in [0.1, 0.15) is 51.9 Å². The summed E-state index contributed by atoms with van der Waals surface area (Å²) in [5.41, 5.74) is -3.28. The Morgan fingerprint density at radius 2 is 2.12 bits per heavy atom. The van der Waals surface area contributed by atoms with Crippen LogP contribution in [0.25, 0.3) is 0 Å². The van der Waals surface area contributed by atoms with Crippen LogP contribution in [0.15, 0.2) is 29.3 Å². The fourth-order valence-electron chi connectivity index (χ4n) is 4.20. The lowest BCUT2D eigenvalue weighted by atomic mass is 10.0. The maximum atomic E-state index is 13.1. The number of ether oxygens (including phenoxy) is 1. The summed E-state index contributed by atoms with van der Waals surface area (Å²) in [7, 11) is 0. The Kier molecular flexibility index (Phi) is 5.87. The van der Waals surface area contributed by atoms with Crippen LogP contribution in [-0.2, 0) is 24.0 Å². The van der Waals surface area contributed by atoms with Gasteiger partial charge in [-0.05, 0) is 25.0 Å². The number of carbonyl (C=O) groups excluding carboxylic acids is 2. The molecular weight excluding hydrogens is 445 g/mol. The van der Waals surface area contributed by atoms with Crippen molar-refractivity contribution in [1.82, 2.24) is 19.8 Å². The first-order valence-corrected chi connectivity index (χ1v) is 10.3. The molecule has 176 valence electrons. The predicted octanol–water partition coefficient (Wildman–Crippen LogP) is 1.88. The summed E-state index contributed by atoms with van der Waals surface area (Å²) in [5.74, 6) is -2.47. The Balaban J connectivity index is 1.63. The highest BCUT2D eigenvalue weighted by atomic mass is 19.4. The zero-order chi connectivity index (χ0) is 23.9. The molecule has 0 saturated carbocycles. The minimum Gasteiger partial charge on any atom is -0.503 e. The standard InChI is InChI=1S/C21H21F3N4O5/c1-2-11-5-7-33-15-10-27-9-12(17(29)18(30)16(27)20(32)28(11)15)19(31)26-8-14-13(21(22,23)24)4-3-6-25-14/h3-4,6,9,11,15,30H,2,5,7-8,10H2,1H3,(H,26,31)/t11-,15+/m1/s1. The molecule has 0 bridgehead atoms. The van der Waals surface area contributed by atoms with Crippen molar-refractivity contribution >= 4 is 11.8 Å². The lowest BCUT2D eigenvalue weighted by molar-refractivity contribution is -0.138. The molecule has 4 rings (SSSR count). The van der Waals surface area contributed by atoms with Crippen molar-refractivity contribution in [2.45, 2.75) is 51.3 Å². The molecule has 2 N–H and O–H groups in total. The number of aromatic hydroxyl groups is 1. The first-order valence-electron chi connectivity index (χ1n) is 10.3. The number of carbonyl (C=O) groups is 2. The molecule has 0 aliphatic carbocycles. The van der Waals surface area contributed by atoms with E-state index in [1.54, 1.807) is 0 Å². The third kappa shape index (κ3) is 4.06. The second-order valence-electron chi connectivity index (χ2n) is 7.79. The van der Waals surface area contributed by atoms with Crippen LogP contribution >= 0.6 is 0 Å². The molecule has 2 amide bonds. The number of alkyl halides is 3. The largest absolute Gasteiger partial charge is 0.503 e. The van der Waals surface area contributed by atoms with Crippen LogP contribution < -0.4 is 10.7 Å². The second kappa shape index (κ2) is 8.50. The maximum absolute atomic E-state index is 13.1. The van der Waals surface area contributed by atoms with Crippen LogP contribution in [0, 0.1) is 0 Å².